The summed E-state index contributed by atoms with van der Waals surface area (Å²) in [5, 5.41) is 8.96. The van der Waals surface area contributed by atoms with Crippen molar-refractivity contribution in [1.29, 1.82) is 0 Å². The van der Waals surface area contributed by atoms with Gasteiger partial charge in [-0.3, -0.25) is 19.2 Å². The van der Waals surface area contributed by atoms with Crippen LogP contribution in [0.2, 0.25) is 0 Å². The Morgan fingerprint density at radius 1 is 0.846 bits per heavy atom. The SMILES string of the molecule is CC(=O)O[C@H](C(=O)C=C(C(=O)CCCCCCCCCCO)c1cccc(C)c1)[C@H](Cc1ccccc1)C(=O)N1C(=O)OC[C@@H]1Cc1ccccc1. The van der Waals surface area contributed by atoms with Gasteiger partial charge in [-0.2, -0.15) is 0 Å². The molecule has 1 fully saturated rings. The Bertz CT molecular complexity index is 1670. The van der Waals surface area contributed by atoms with Crippen LogP contribution < -0.4 is 0 Å². The van der Waals surface area contributed by atoms with Gasteiger partial charge in [0.15, 0.2) is 17.7 Å². The van der Waals surface area contributed by atoms with Crippen molar-refractivity contribution in [2.75, 3.05) is 13.2 Å². The fraction of sp³-hybridized carbons (Fsp3) is 0.419. The molecule has 0 radical (unpaired) electrons. The number of aliphatic hydroxyl groups excluding tert-OH is 1. The minimum atomic E-state index is -1.62. The van der Waals surface area contributed by atoms with Crippen molar-refractivity contribution in [3.05, 3.63) is 113 Å². The number of esters is 1. The number of carbonyl (C=O) groups is 5. The molecule has 0 unspecified atom stereocenters. The molecule has 1 saturated heterocycles. The van der Waals surface area contributed by atoms with Gasteiger partial charge >= 0.3 is 12.1 Å². The number of amides is 2. The van der Waals surface area contributed by atoms with Crippen LogP contribution in [0.5, 0.6) is 0 Å². The van der Waals surface area contributed by atoms with Crippen molar-refractivity contribution >= 4 is 35.1 Å². The van der Waals surface area contributed by atoms with Gasteiger partial charge in [-0.05, 0) is 55.4 Å². The van der Waals surface area contributed by atoms with Gasteiger partial charge < -0.3 is 14.6 Å². The number of hydrogen-bond acceptors (Lipinski definition) is 8. The Hall–Kier alpha value is -4.89. The number of ether oxygens (including phenoxy) is 2. The minimum absolute atomic E-state index is 0.00718. The van der Waals surface area contributed by atoms with Crippen LogP contribution in [0.25, 0.3) is 5.57 Å². The van der Waals surface area contributed by atoms with Gasteiger partial charge in [0.25, 0.3) is 0 Å². The maximum Gasteiger partial charge on any atom is 0.416 e. The van der Waals surface area contributed by atoms with E-state index < -0.39 is 41.8 Å². The zero-order valence-electron chi connectivity index (χ0n) is 30.3. The first-order chi connectivity index (χ1) is 25.2. The van der Waals surface area contributed by atoms with E-state index >= 15 is 0 Å². The smallest absolute Gasteiger partial charge is 0.416 e. The van der Waals surface area contributed by atoms with Crippen molar-refractivity contribution in [2.24, 2.45) is 5.92 Å². The number of unbranched alkanes of at least 4 members (excludes halogenated alkanes) is 7. The molecule has 2 amide bonds. The van der Waals surface area contributed by atoms with Crippen LogP contribution in [0.15, 0.2) is 91.0 Å². The molecule has 52 heavy (non-hydrogen) atoms. The van der Waals surface area contributed by atoms with E-state index in [1.807, 2.05) is 61.5 Å². The van der Waals surface area contributed by atoms with Gasteiger partial charge in [-0.1, -0.05) is 129 Å². The lowest BCUT2D eigenvalue weighted by atomic mass is 9.87. The highest BCUT2D eigenvalue weighted by Crippen LogP contribution is 2.28. The fourth-order valence-corrected chi connectivity index (χ4v) is 6.61. The molecule has 3 aromatic carbocycles. The first-order valence-corrected chi connectivity index (χ1v) is 18.4. The Balaban J connectivity index is 1.63. The van der Waals surface area contributed by atoms with Crippen LogP contribution in [0.1, 0.15) is 87.0 Å². The number of allylic oxidation sites excluding steroid dienone is 1. The molecule has 0 aromatic heterocycles. The predicted molar refractivity (Wildman–Crippen MR) is 199 cm³/mol. The summed E-state index contributed by atoms with van der Waals surface area (Å²) >= 11 is 0. The Morgan fingerprint density at radius 3 is 2.08 bits per heavy atom. The average molecular weight is 710 g/mol. The quantitative estimate of drug-likeness (QED) is 0.0689. The molecule has 0 aliphatic carbocycles. The molecular weight excluding hydrogens is 658 g/mol. The molecule has 9 nitrogen and oxygen atoms in total. The van der Waals surface area contributed by atoms with Gasteiger partial charge in [-0.25, -0.2) is 9.69 Å². The average Bonchev–Trinajstić information content (AvgIpc) is 3.50. The molecule has 1 N–H and O–H groups in total. The number of benzene rings is 3. The molecule has 0 spiro atoms. The van der Waals surface area contributed by atoms with Gasteiger partial charge in [0.2, 0.25) is 5.91 Å². The monoisotopic (exact) mass is 709 g/mol. The number of hydrogen-bond donors (Lipinski definition) is 1. The number of carbonyl (C=O) groups excluding carboxylic acids is 5. The number of cyclic esters (lactones) is 1. The highest BCUT2D eigenvalue weighted by Gasteiger charge is 2.45. The van der Waals surface area contributed by atoms with E-state index in [-0.39, 0.29) is 37.4 Å². The van der Waals surface area contributed by atoms with Crippen LogP contribution in [0.4, 0.5) is 4.79 Å². The van der Waals surface area contributed by atoms with Crippen molar-refractivity contribution in [2.45, 2.75) is 96.6 Å². The largest absolute Gasteiger partial charge is 0.453 e. The first-order valence-electron chi connectivity index (χ1n) is 18.4. The molecule has 1 heterocycles. The summed E-state index contributed by atoms with van der Waals surface area (Å²) in [6, 6.07) is 25.1. The highest BCUT2D eigenvalue weighted by molar-refractivity contribution is 6.25. The van der Waals surface area contributed by atoms with Gasteiger partial charge in [0.1, 0.15) is 6.61 Å². The molecular formula is C43H51NO8. The summed E-state index contributed by atoms with van der Waals surface area (Å²) in [6.07, 6.45) is 6.86. The Labute approximate surface area is 307 Å². The van der Waals surface area contributed by atoms with Crippen molar-refractivity contribution in [3.8, 4) is 0 Å². The molecule has 0 saturated carbocycles. The number of Topliss-reactive ketones (excluding diaryl/α,β-unsaturated/α-hetero) is 1. The Morgan fingerprint density at radius 2 is 1.46 bits per heavy atom. The second kappa shape index (κ2) is 20.8. The van der Waals surface area contributed by atoms with Crippen LogP contribution in [0, 0.1) is 12.8 Å². The fourth-order valence-electron chi connectivity index (χ4n) is 6.61. The molecule has 1 aliphatic heterocycles. The predicted octanol–water partition coefficient (Wildman–Crippen LogP) is 7.40. The highest BCUT2D eigenvalue weighted by atomic mass is 16.6. The third-order valence-corrected chi connectivity index (χ3v) is 9.30. The van der Waals surface area contributed by atoms with Gasteiger partial charge in [-0.15, -0.1) is 0 Å². The van der Waals surface area contributed by atoms with Crippen molar-refractivity contribution in [3.63, 3.8) is 0 Å². The first kappa shape index (κ1) is 39.9. The zero-order chi connectivity index (χ0) is 37.3. The number of aliphatic hydroxyl groups is 1. The van der Waals surface area contributed by atoms with E-state index in [1.165, 1.54) is 6.08 Å². The number of aryl methyl sites for hydroxylation is 1. The van der Waals surface area contributed by atoms with Crippen LogP contribution in [0.3, 0.4) is 0 Å². The number of nitrogens with zero attached hydrogens (tertiary/aromatic N) is 1. The maximum absolute atomic E-state index is 14.5. The zero-order valence-corrected chi connectivity index (χ0v) is 30.3. The van der Waals surface area contributed by atoms with Crippen molar-refractivity contribution in [1.82, 2.24) is 4.90 Å². The van der Waals surface area contributed by atoms with Gasteiger partial charge in [0.05, 0.1) is 12.0 Å². The minimum Gasteiger partial charge on any atom is -0.453 e. The Kier molecular flexibility index (Phi) is 16.0. The molecule has 4 rings (SSSR count). The summed E-state index contributed by atoms with van der Waals surface area (Å²) in [6.45, 7) is 3.26. The molecule has 0 bridgehead atoms. The van der Waals surface area contributed by atoms with Gasteiger partial charge in [0, 0.05) is 25.5 Å². The molecule has 276 valence electrons. The molecule has 3 atom stereocenters. The molecule has 1 aliphatic rings. The summed E-state index contributed by atoms with van der Waals surface area (Å²) < 4.78 is 11.0. The van der Waals surface area contributed by atoms with E-state index in [1.54, 1.807) is 30.3 Å². The summed E-state index contributed by atoms with van der Waals surface area (Å²) in [5.74, 6) is -3.70. The maximum atomic E-state index is 14.5. The summed E-state index contributed by atoms with van der Waals surface area (Å²) in [7, 11) is 0. The third kappa shape index (κ3) is 12.1. The summed E-state index contributed by atoms with van der Waals surface area (Å²) in [5.41, 5.74) is 3.24. The van der Waals surface area contributed by atoms with E-state index in [9.17, 15) is 24.0 Å². The van der Waals surface area contributed by atoms with E-state index in [0.717, 1.165) is 67.9 Å². The number of imide groups is 1. The second-order valence-electron chi connectivity index (χ2n) is 13.5. The van der Waals surface area contributed by atoms with Crippen LogP contribution >= 0.6 is 0 Å². The molecule has 9 heteroatoms. The van der Waals surface area contributed by atoms with Crippen LogP contribution in [-0.2, 0) is 41.5 Å². The standard InChI is InChI=1S/C43H51NO8/c1-31-18-17-23-35(26-31)37(39(47)24-15-7-5-3-4-6-8-16-25-45)29-40(48)41(52-32(2)46)38(28-34-21-13-10-14-22-34)42(49)44-36(30-51-43(44)50)27-33-19-11-9-12-20-33/h9-14,17-23,26,29,36,38,41,45H,3-8,15-16,24-25,27-28,30H2,1-2H3/t36-,38-,41-/m0/s1. The number of rotatable bonds is 21. The lowest BCUT2D eigenvalue weighted by Crippen LogP contribution is -2.49. The lowest BCUT2D eigenvalue weighted by molar-refractivity contribution is -0.158. The number of ketones is 2. The van der Waals surface area contributed by atoms with Crippen LogP contribution in [-0.4, -0.2) is 64.9 Å². The second-order valence-corrected chi connectivity index (χ2v) is 13.5. The third-order valence-electron chi connectivity index (χ3n) is 9.30. The topological polar surface area (TPSA) is 127 Å². The van der Waals surface area contributed by atoms with Crippen molar-refractivity contribution < 1.29 is 38.6 Å². The summed E-state index contributed by atoms with van der Waals surface area (Å²) in [4.78, 5) is 69.4. The molecule has 3 aromatic rings. The van der Waals surface area contributed by atoms with E-state index in [0.29, 0.717) is 24.0 Å². The van der Waals surface area contributed by atoms with E-state index in [2.05, 4.69) is 0 Å². The normalized spacial score (nSPS) is 15.5. The lowest BCUT2D eigenvalue weighted by Gasteiger charge is -2.29. The van der Waals surface area contributed by atoms with E-state index in [4.69, 9.17) is 14.6 Å².